The van der Waals surface area contributed by atoms with Crippen molar-refractivity contribution in [1.82, 2.24) is 0 Å². The van der Waals surface area contributed by atoms with Crippen LogP contribution in [0.2, 0.25) is 0 Å². The van der Waals surface area contributed by atoms with Gasteiger partial charge < -0.3 is 14.8 Å². The first-order valence-corrected chi connectivity index (χ1v) is 9.41. The van der Waals surface area contributed by atoms with E-state index >= 15 is 0 Å². The maximum atomic E-state index is 12.0. The summed E-state index contributed by atoms with van der Waals surface area (Å²) < 4.78 is 10.7. The average Bonchev–Trinajstić information content (AvgIpc) is 2.70. The van der Waals surface area contributed by atoms with Gasteiger partial charge in [-0.05, 0) is 61.2 Å². The van der Waals surface area contributed by atoms with Crippen LogP contribution in [-0.2, 0) is 16.0 Å². The second-order valence-electron chi connectivity index (χ2n) is 6.21. The van der Waals surface area contributed by atoms with Gasteiger partial charge in [0, 0.05) is 12.1 Å². The van der Waals surface area contributed by atoms with Crippen molar-refractivity contribution >= 4 is 17.6 Å². The molecule has 0 radical (unpaired) electrons. The third-order valence-electron chi connectivity index (χ3n) is 3.99. The van der Waals surface area contributed by atoms with Gasteiger partial charge in [-0.15, -0.1) is 0 Å². The van der Waals surface area contributed by atoms with Gasteiger partial charge in [0.1, 0.15) is 5.75 Å². The Morgan fingerprint density at radius 3 is 2.26 bits per heavy atom. The van der Waals surface area contributed by atoms with Crippen molar-refractivity contribution in [3.05, 3.63) is 59.7 Å². The number of hydrogen-bond donors (Lipinski definition) is 1. The number of ether oxygens (including phenoxy) is 2. The molecule has 0 aliphatic rings. The van der Waals surface area contributed by atoms with Gasteiger partial charge in [0.25, 0.3) is 0 Å². The molecule has 2 aromatic carbocycles. The standard InChI is InChI=1S/C22H27NO4/c1-3-15-27-22(25)18-9-11-19(12-10-18)23-21(24)6-5-16-26-20-13-7-17(4-2)8-14-20/h7-14H,3-6,15-16H2,1-2H3,(H,23,24). The highest BCUT2D eigenvalue weighted by atomic mass is 16.5. The monoisotopic (exact) mass is 369 g/mol. The van der Waals surface area contributed by atoms with E-state index in [9.17, 15) is 9.59 Å². The second-order valence-corrected chi connectivity index (χ2v) is 6.21. The highest BCUT2D eigenvalue weighted by Crippen LogP contribution is 2.14. The van der Waals surface area contributed by atoms with Crippen LogP contribution in [0, 0.1) is 0 Å². The molecule has 1 N–H and O–H groups in total. The number of amides is 1. The van der Waals surface area contributed by atoms with Crippen LogP contribution in [0.4, 0.5) is 5.69 Å². The van der Waals surface area contributed by atoms with Crippen LogP contribution in [0.15, 0.2) is 48.5 Å². The largest absolute Gasteiger partial charge is 0.494 e. The van der Waals surface area contributed by atoms with E-state index in [1.807, 2.05) is 31.2 Å². The number of carbonyl (C=O) groups excluding carboxylic acids is 2. The Balaban J connectivity index is 1.69. The molecule has 0 saturated carbocycles. The van der Waals surface area contributed by atoms with Crippen molar-refractivity contribution < 1.29 is 19.1 Å². The topological polar surface area (TPSA) is 64.6 Å². The van der Waals surface area contributed by atoms with E-state index < -0.39 is 0 Å². The molecule has 27 heavy (non-hydrogen) atoms. The van der Waals surface area contributed by atoms with Crippen molar-refractivity contribution in [2.24, 2.45) is 0 Å². The third kappa shape index (κ3) is 7.13. The quantitative estimate of drug-likeness (QED) is 0.490. The van der Waals surface area contributed by atoms with Gasteiger partial charge in [0.2, 0.25) is 5.91 Å². The number of esters is 1. The van der Waals surface area contributed by atoms with Crippen molar-refractivity contribution in [1.29, 1.82) is 0 Å². The summed E-state index contributed by atoms with van der Waals surface area (Å²) >= 11 is 0. The molecule has 2 rings (SSSR count). The number of aryl methyl sites for hydroxylation is 1. The molecule has 5 heteroatoms. The van der Waals surface area contributed by atoms with E-state index in [0.717, 1.165) is 18.6 Å². The zero-order chi connectivity index (χ0) is 19.5. The zero-order valence-electron chi connectivity index (χ0n) is 16.0. The van der Waals surface area contributed by atoms with E-state index in [0.29, 0.717) is 37.3 Å². The van der Waals surface area contributed by atoms with Gasteiger partial charge in [-0.25, -0.2) is 4.79 Å². The van der Waals surface area contributed by atoms with Gasteiger partial charge in [-0.2, -0.15) is 0 Å². The highest BCUT2D eigenvalue weighted by Gasteiger charge is 2.07. The Morgan fingerprint density at radius 2 is 1.63 bits per heavy atom. The number of carbonyl (C=O) groups is 2. The Kier molecular flexibility index (Phi) is 8.36. The summed E-state index contributed by atoms with van der Waals surface area (Å²) in [4.78, 5) is 23.7. The molecule has 0 heterocycles. The molecule has 144 valence electrons. The van der Waals surface area contributed by atoms with Gasteiger partial charge >= 0.3 is 5.97 Å². The van der Waals surface area contributed by atoms with E-state index in [4.69, 9.17) is 9.47 Å². The number of hydrogen-bond acceptors (Lipinski definition) is 4. The molecule has 0 aromatic heterocycles. The molecule has 5 nitrogen and oxygen atoms in total. The Labute approximate surface area is 160 Å². The fourth-order valence-corrected chi connectivity index (χ4v) is 2.44. The number of nitrogens with one attached hydrogen (secondary N) is 1. The second kappa shape index (κ2) is 11.0. The van der Waals surface area contributed by atoms with Gasteiger partial charge in [0.15, 0.2) is 0 Å². The van der Waals surface area contributed by atoms with E-state index in [1.165, 1.54) is 5.56 Å². The van der Waals surface area contributed by atoms with Gasteiger partial charge in [-0.1, -0.05) is 26.0 Å². The molecule has 0 aliphatic carbocycles. The van der Waals surface area contributed by atoms with Crippen LogP contribution in [0.1, 0.15) is 49.0 Å². The number of rotatable bonds is 10. The van der Waals surface area contributed by atoms with E-state index in [-0.39, 0.29) is 11.9 Å². The maximum absolute atomic E-state index is 12.0. The molecule has 0 fully saturated rings. The molecule has 2 aromatic rings. The molecule has 0 unspecified atom stereocenters. The first kappa shape index (κ1) is 20.5. The van der Waals surface area contributed by atoms with Crippen LogP contribution in [0.5, 0.6) is 5.75 Å². The molecule has 0 aliphatic heterocycles. The summed E-state index contributed by atoms with van der Waals surface area (Å²) in [6, 6.07) is 14.7. The van der Waals surface area contributed by atoms with Crippen molar-refractivity contribution in [2.75, 3.05) is 18.5 Å². The van der Waals surface area contributed by atoms with Crippen molar-refractivity contribution in [2.45, 2.75) is 39.5 Å². The smallest absolute Gasteiger partial charge is 0.338 e. The SMILES string of the molecule is CCCOC(=O)c1ccc(NC(=O)CCCOc2ccc(CC)cc2)cc1. The molecule has 0 atom stereocenters. The lowest BCUT2D eigenvalue weighted by atomic mass is 10.2. The van der Waals surface area contributed by atoms with Crippen LogP contribution in [-0.4, -0.2) is 25.1 Å². The molecular weight excluding hydrogens is 342 g/mol. The minimum atomic E-state index is -0.348. The van der Waals surface area contributed by atoms with Crippen molar-refractivity contribution in [3.8, 4) is 5.75 Å². The first-order chi connectivity index (χ1) is 13.1. The highest BCUT2D eigenvalue weighted by molar-refractivity contribution is 5.93. The molecule has 1 amide bonds. The summed E-state index contributed by atoms with van der Waals surface area (Å²) in [5.41, 5.74) is 2.40. The number of benzene rings is 2. The minimum absolute atomic E-state index is 0.0822. The number of anilines is 1. The molecule has 0 bridgehead atoms. The fourth-order valence-electron chi connectivity index (χ4n) is 2.44. The predicted octanol–water partition coefficient (Wildman–Crippen LogP) is 4.61. The lowest BCUT2D eigenvalue weighted by Gasteiger charge is -2.08. The van der Waals surface area contributed by atoms with Crippen LogP contribution >= 0.6 is 0 Å². The van der Waals surface area contributed by atoms with Crippen LogP contribution < -0.4 is 10.1 Å². The van der Waals surface area contributed by atoms with E-state index in [1.54, 1.807) is 24.3 Å². The average molecular weight is 369 g/mol. The van der Waals surface area contributed by atoms with E-state index in [2.05, 4.69) is 12.2 Å². The summed E-state index contributed by atoms with van der Waals surface area (Å²) in [5.74, 6) is 0.387. The molecular formula is C22H27NO4. The summed E-state index contributed by atoms with van der Waals surface area (Å²) in [6.07, 6.45) is 2.78. The molecule has 0 spiro atoms. The minimum Gasteiger partial charge on any atom is -0.494 e. The van der Waals surface area contributed by atoms with Crippen LogP contribution in [0.3, 0.4) is 0 Å². The Bertz CT molecular complexity index is 723. The predicted molar refractivity (Wildman–Crippen MR) is 106 cm³/mol. The Morgan fingerprint density at radius 1 is 0.926 bits per heavy atom. The van der Waals surface area contributed by atoms with Gasteiger partial charge in [-0.3, -0.25) is 4.79 Å². The fraction of sp³-hybridized carbons (Fsp3) is 0.364. The maximum Gasteiger partial charge on any atom is 0.338 e. The van der Waals surface area contributed by atoms with Crippen LogP contribution in [0.25, 0.3) is 0 Å². The zero-order valence-corrected chi connectivity index (χ0v) is 16.0. The first-order valence-electron chi connectivity index (χ1n) is 9.41. The molecule has 0 saturated heterocycles. The summed E-state index contributed by atoms with van der Waals surface area (Å²) in [6.45, 7) is 4.95. The lowest BCUT2D eigenvalue weighted by molar-refractivity contribution is -0.116. The Hall–Kier alpha value is -2.82. The third-order valence-corrected chi connectivity index (χ3v) is 3.99. The lowest BCUT2D eigenvalue weighted by Crippen LogP contribution is -2.13. The van der Waals surface area contributed by atoms with Crippen molar-refractivity contribution in [3.63, 3.8) is 0 Å². The summed E-state index contributed by atoms with van der Waals surface area (Å²) in [5, 5.41) is 2.82. The normalized spacial score (nSPS) is 10.3. The summed E-state index contributed by atoms with van der Waals surface area (Å²) in [7, 11) is 0. The van der Waals surface area contributed by atoms with Gasteiger partial charge in [0.05, 0.1) is 18.8 Å².